The largest absolute Gasteiger partial charge is 0.508 e. The number of nitrogens with zero attached hydrogens (tertiary/aromatic N) is 1. The molecule has 19 N–H and O–H groups in total. The lowest BCUT2D eigenvalue weighted by Gasteiger charge is -2.31. The number of amides is 8. The van der Waals surface area contributed by atoms with E-state index in [1.54, 1.807) is 0 Å². The molecule has 0 aliphatic carbocycles. The second-order valence-electron chi connectivity index (χ2n) is 24.6. The normalized spacial score (nSPS) is 20.8. The maximum atomic E-state index is 16.0. The van der Waals surface area contributed by atoms with Crippen LogP contribution in [0, 0.1) is 0 Å². The standard InChI is InChI=1S/C69H69Cl2N11O18/c1-82(2)17-5-16-74-64(92)58-40-28-37(84)29-47(87)53(40)39-22-31(8-11-45(39)85)54-66(94)81-59(69(97)80-58)60(88)33-10-14-49(42(71)23-33)100-52-26-35-25-51(61(52)89)99-48-13-7-30(18-41(48)70)19-44-63(91)77-56(67(95)79-57(35)68(96)78-54)34-20-36(83)27-38(21-34)98-50-24-32(9-12-46(50)86)55(65(93)75-44)76-62(90)43(73)6-3-4-15-72/h7-14,18,20-29,43-44,54-60,83-89H,3-6,15-17,19,72-73H2,1-2H3,(H,74,92)(H,75,93)(H,76,90)(H,77,91)(H,78,96)(H,79,95)(H,80,97)(H,81,94)/t43-,44+,54+,55-,56-,57+,58-,59-,60+/m0/s1. The molecule has 0 unspecified atom stereocenters. The summed E-state index contributed by atoms with van der Waals surface area (Å²) in [4.78, 5) is 123. The average molecular weight is 1410 g/mol. The van der Waals surface area contributed by atoms with Crippen LogP contribution in [-0.4, -0.2) is 140 Å². The fourth-order valence-electron chi connectivity index (χ4n) is 12.0. The van der Waals surface area contributed by atoms with Gasteiger partial charge in [-0.2, -0.15) is 0 Å². The van der Waals surface area contributed by atoms with Crippen molar-refractivity contribution in [3.05, 3.63) is 164 Å². The van der Waals surface area contributed by atoms with Gasteiger partial charge in [0, 0.05) is 36.2 Å². The first-order valence-electron chi connectivity index (χ1n) is 31.5. The van der Waals surface area contributed by atoms with Gasteiger partial charge in [0.2, 0.25) is 53.0 Å². The minimum absolute atomic E-state index is 0.0174. The molecule has 7 aromatic carbocycles. The summed E-state index contributed by atoms with van der Waals surface area (Å²) in [5.41, 5.74) is 10.3. The Morgan fingerprint density at radius 1 is 0.580 bits per heavy atom. The van der Waals surface area contributed by atoms with Gasteiger partial charge >= 0.3 is 0 Å². The van der Waals surface area contributed by atoms with Crippen molar-refractivity contribution in [2.45, 2.75) is 86.5 Å². The van der Waals surface area contributed by atoms with E-state index in [2.05, 4.69) is 42.5 Å². The van der Waals surface area contributed by atoms with Gasteiger partial charge < -0.3 is 109 Å². The van der Waals surface area contributed by atoms with Crippen LogP contribution >= 0.6 is 23.2 Å². The van der Waals surface area contributed by atoms with Crippen LogP contribution in [0.1, 0.15) is 101 Å². The lowest BCUT2D eigenvalue weighted by atomic mass is 9.89. The number of nitrogens with one attached hydrogen (secondary N) is 8. The molecule has 0 radical (unpaired) electrons. The molecule has 522 valence electrons. The number of halogens is 2. The van der Waals surface area contributed by atoms with Crippen molar-refractivity contribution < 1.29 is 88.3 Å². The fraction of sp³-hybridized carbons (Fsp3) is 0.275. The molecule has 0 aromatic heterocycles. The number of aromatic hydroxyl groups is 6. The number of rotatable bonds is 11. The predicted molar refractivity (Wildman–Crippen MR) is 358 cm³/mol. The number of nitrogens with two attached hydrogens (primary N) is 2. The van der Waals surface area contributed by atoms with Crippen molar-refractivity contribution in [1.29, 1.82) is 0 Å². The van der Waals surface area contributed by atoms with Crippen LogP contribution < -0.4 is 68.2 Å². The van der Waals surface area contributed by atoms with Crippen molar-refractivity contribution in [2.24, 2.45) is 11.5 Å². The summed E-state index contributed by atoms with van der Waals surface area (Å²) < 4.78 is 18.7. The molecular weight excluding hydrogens is 1340 g/mol. The summed E-state index contributed by atoms with van der Waals surface area (Å²) in [6.07, 6.45) is -0.960. The van der Waals surface area contributed by atoms with E-state index in [4.69, 9.17) is 48.9 Å². The second-order valence-corrected chi connectivity index (χ2v) is 25.4. The van der Waals surface area contributed by atoms with Gasteiger partial charge in [0.05, 0.1) is 16.1 Å². The molecule has 6 heterocycles. The number of unbranched alkanes of at least 4 members (excludes halogenated alkanes) is 1. The summed E-state index contributed by atoms with van der Waals surface area (Å²) >= 11 is 13.9. The minimum Gasteiger partial charge on any atom is -0.508 e. The number of carbonyl (C=O) groups excluding carboxylic acids is 8. The number of ether oxygens (including phenoxy) is 3. The quantitative estimate of drug-likeness (QED) is 0.0788. The molecule has 100 heavy (non-hydrogen) atoms. The third-order valence-electron chi connectivity index (χ3n) is 17.1. The summed E-state index contributed by atoms with van der Waals surface area (Å²) in [5.74, 6) is -14.9. The zero-order valence-corrected chi connectivity index (χ0v) is 54.8. The molecule has 29 nitrogen and oxygen atoms in total. The Kier molecular flexibility index (Phi) is 20.8. The Morgan fingerprint density at radius 3 is 1.87 bits per heavy atom. The number of phenolic OH excluding ortho intramolecular Hbond substituents is 6. The molecule has 0 saturated carbocycles. The molecule has 6 aliphatic rings. The maximum absolute atomic E-state index is 16.0. The van der Waals surface area contributed by atoms with Crippen LogP contribution in [0.25, 0.3) is 11.1 Å². The molecule has 0 spiro atoms. The number of aliphatic hydroxyl groups excluding tert-OH is 1. The van der Waals surface area contributed by atoms with Crippen LogP contribution in [0.2, 0.25) is 10.0 Å². The summed E-state index contributed by atoms with van der Waals surface area (Å²) in [7, 11) is 3.62. The Balaban J connectivity index is 1.10. The van der Waals surface area contributed by atoms with Crippen LogP contribution in [0.15, 0.2) is 115 Å². The van der Waals surface area contributed by atoms with Crippen LogP contribution in [0.4, 0.5) is 0 Å². The third-order valence-corrected chi connectivity index (χ3v) is 17.7. The molecule has 0 saturated heterocycles. The van der Waals surface area contributed by atoms with Crippen molar-refractivity contribution in [1.82, 2.24) is 47.4 Å². The molecule has 7 aromatic rings. The first-order valence-corrected chi connectivity index (χ1v) is 32.2. The SMILES string of the molecule is CN(C)CCCNC(=O)[C@H]1NC(=O)[C@H]2NC(=O)[C@H](NC(=O)[C@@H]3NC(=O)[C@H]4NC(=O)[C@@H](Cc5ccc(c(Cl)c5)Oc5cc3cc(c5O)Oc3ccc(cc3Cl)[C@H]2O)NC(=O)[C@@H](NC(=O)[C@@H](N)CCCCN)c2ccc(O)c(c2)Oc2cc(O)cc4c2)c2ccc(O)c(c2)-c2c(O)cc(O)cc21. The lowest BCUT2D eigenvalue weighted by molar-refractivity contribution is -0.137. The van der Waals surface area contributed by atoms with E-state index < -0.39 is 154 Å². The number of fused-ring (bicyclic) bond motifs is 14. The zero-order chi connectivity index (χ0) is 71.5. The monoisotopic (exact) mass is 1410 g/mol. The molecule has 17 bridgehead atoms. The molecule has 8 amide bonds. The second kappa shape index (κ2) is 29.6. The zero-order valence-electron chi connectivity index (χ0n) is 53.3. The van der Waals surface area contributed by atoms with E-state index in [1.165, 1.54) is 54.6 Å². The lowest BCUT2D eigenvalue weighted by Crippen LogP contribution is -2.56. The van der Waals surface area contributed by atoms with E-state index in [1.807, 2.05) is 19.0 Å². The maximum Gasteiger partial charge on any atom is 0.248 e. The Labute approximate surface area is 579 Å². The Bertz CT molecular complexity index is 4450. The smallest absolute Gasteiger partial charge is 0.248 e. The first kappa shape index (κ1) is 70.2. The topological polar surface area (TPSA) is 457 Å². The van der Waals surface area contributed by atoms with Gasteiger partial charge in [-0.25, -0.2) is 0 Å². The van der Waals surface area contributed by atoms with Crippen molar-refractivity contribution in [2.75, 3.05) is 33.7 Å². The molecule has 6 aliphatic heterocycles. The highest BCUT2D eigenvalue weighted by atomic mass is 35.5. The number of hydrogen-bond donors (Lipinski definition) is 17. The summed E-state index contributed by atoms with van der Waals surface area (Å²) in [5, 5.41) is 102. The van der Waals surface area contributed by atoms with Crippen LogP contribution in [0.5, 0.6) is 69.0 Å². The number of hydrogen-bond acceptors (Lipinski definition) is 21. The van der Waals surface area contributed by atoms with Crippen molar-refractivity contribution >= 4 is 70.5 Å². The molecular formula is C69H69Cl2N11O18. The Hall–Kier alpha value is -11.1. The summed E-state index contributed by atoms with van der Waals surface area (Å²) in [6.45, 7) is 0.877. The number of aliphatic hydroxyl groups is 1. The molecule has 9 atom stereocenters. The van der Waals surface area contributed by atoms with Crippen molar-refractivity contribution in [3.63, 3.8) is 0 Å². The van der Waals surface area contributed by atoms with E-state index in [-0.39, 0.29) is 96.1 Å². The van der Waals surface area contributed by atoms with E-state index >= 15 is 24.0 Å². The van der Waals surface area contributed by atoms with Gasteiger partial charge in [-0.1, -0.05) is 53.9 Å². The number of benzene rings is 7. The number of phenols is 6. The highest BCUT2D eigenvalue weighted by Gasteiger charge is 2.42. The van der Waals surface area contributed by atoms with E-state index in [9.17, 15) is 50.1 Å². The van der Waals surface area contributed by atoms with Gasteiger partial charge in [-0.3, -0.25) is 38.4 Å². The average Bonchev–Trinajstić information content (AvgIpc) is 0.765. The van der Waals surface area contributed by atoms with E-state index in [0.29, 0.717) is 32.4 Å². The fourth-order valence-corrected chi connectivity index (χ4v) is 12.4. The first-order chi connectivity index (χ1) is 47.7. The molecule has 0 fully saturated rings. The van der Waals surface area contributed by atoms with Crippen LogP contribution in [-0.2, 0) is 44.8 Å². The van der Waals surface area contributed by atoms with Gasteiger partial charge in [-0.15, -0.1) is 0 Å². The van der Waals surface area contributed by atoms with Crippen molar-refractivity contribution in [3.8, 4) is 80.1 Å². The van der Waals surface area contributed by atoms with Gasteiger partial charge in [0.1, 0.15) is 88.6 Å². The van der Waals surface area contributed by atoms with Crippen LogP contribution in [0.3, 0.4) is 0 Å². The number of carbonyl (C=O) groups is 8. The molecule has 13 rings (SSSR count). The highest BCUT2D eigenvalue weighted by Crippen LogP contribution is 2.48. The predicted octanol–water partition coefficient (Wildman–Crippen LogP) is 4.58. The highest BCUT2D eigenvalue weighted by molar-refractivity contribution is 6.32. The van der Waals surface area contributed by atoms with Gasteiger partial charge in [0.15, 0.2) is 23.0 Å². The molecule has 31 heteroatoms. The summed E-state index contributed by atoms with van der Waals surface area (Å²) in [6, 6.07) is 7.37. The third kappa shape index (κ3) is 15.3. The van der Waals surface area contributed by atoms with Gasteiger partial charge in [-0.05, 0) is 164 Å². The van der Waals surface area contributed by atoms with E-state index in [0.717, 1.165) is 60.7 Å². The Morgan fingerprint density at radius 2 is 1.19 bits per heavy atom. The minimum atomic E-state index is -2.20. The van der Waals surface area contributed by atoms with Gasteiger partial charge in [0.25, 0.3) is 0 Å².